The summed E-state index contributed by atoms with van der Waals surface area (Å²) in [6, 6.07) is 1.64. The van der Waals surface area contributed by atoms with E-state index in [1.807, 2.05) is 24.7 Å². The molecule has 0 bridgehead atoms. The number of rotatable bonds is 6. The van der Waals surface area contributed by atoms with Crippen LogP contribution < -0.4 is 4.90 Å². The number of nitrogens with zero attached hydrogens (tertiary/aromatic N) is 7. The van der Waals surface area contributed by atoms with Crippen LogP contribution in [0.4, 0.5) is 5.95 Å². The second-order valence-electron chi connectivity index (χ2n) is 9.13. The highest BCUT2D eigenvalue weighted by molar-refractivity contribution is 6.00. The Kier molecular flexibility index (Phi) is 5.96. The van der Waals surface area contributed by atoms with Crippen molar-refractivity contribution in [3.8, 4) is 11.1 Å². The van der Waals surface area contributed by atoms with E-state index in [1.54, 1.807) is 17.3 Å². The number of hydroxylamine groups is 2. The maximum atomic E-state index is 12.0. The number of carbonyl (C=O) groups excluding carboxylic acids is 1. The predicted molar refractivity (Wildman–Crippen MR) is 128 cm³/mol. The summed E-state index contributed by atoms with van der Waals surface area (Å²) in [6.07, 6.45) is 8.54. The molecule has 3 aromatic heterocycles. The summed E-state index contributed by atoms with van der Waals surface area (Å²) in [5.41, 5.74) is 2.71. The fourth-order valence-electron chi connectivity index (χ4n) is 4.94. The van der Waals surface area contributed by atoms with Gasteiger partial charge in [0.05, 0.1) is 36.7 Å². The molecule has 182 valence electrons. The molecule has 1 atom stereocenters. The minimum Gasteiger partial charge on any atom is -0.477 e. The normalized spacial score (nSPS) is 18.4. The Bertz CT molecular complexity index is 1320. The van der Waals surface area contributed by atoms with Gasteiger partial charge in [0.1, 0.15) is 11.6 Å². The second kappa shape index (κ2) is 9.09. The molecule has 3 aromatic rings. The van der Waals surface area contributed by atoms with E-state index in [0.29, 0.717) is 46.0 Å². The molecule has 35 heavy (non-hydrogen) atoms. The number of carboxylic acids is 1. The number of hydrogen-bond acceptors (Lipinski definition) is 9. The van der Waals surface area contributed by atoms with Gasteiger partial charge in [-0.25, -0.2) is 34.3 Å². The van der Waals surface area contributed by atoms with Gasteiger partial charge in [-0.05, 0) is 18.9 Å². The van der Waals surface area contributed by atoms with Crippen molar-refractivity contribution in [2.24, 2.45) is 0 Å². The van der Waals surface area contributed by atoms with Gasteiger partial charge in [0.15, 0.2) is 11.3 Å². The van der Waals surface area contributed by atoms with Crippen molar-refractivity contribution < 1.29 is 19.5 Å². The second-order valence-corrected chi connectivity index (χ2v) is 9.13. The van der Waals surface area contributed by atoms with Gasteiger partial charge in [0.25, 0.3) is 0 Å². The lowest BCUT2D eigenvalue weighted by molar-refractivity contribution is -0.142. The van der Waals surface area contributed by atoms with Crippen molar-refractivity contribution in [2.45, 2.75) is 44.1 Å². The number of pyridine rings is 1. The summed E-state index contributed by atoms with van der Waals surface area (Å²) in [5.74, 6) is 1.06. The van der Waals surface area contributed by atoms with Gasteiger partial charge in [-0.1, -0.05) is 19.3 Å². The van der Waals surface area contributed by atoms with Crippen molar-refractivity contribution in [2.75, 3.05) is 32.6 Å². The largest absolute Gasteiger partial charge is 0.477 e. The molecule has 4 heterocycles. The van der Waals surface area contributed by atoms with Crippen molar-refractivity contribution >= 4 is 28.9 Å². The average molecular weight is 478 g/mol. The fourth-order valence-corrected chi connectivity index (χ4v) is 4.94. The number of anilines is 1. The van der Waals surface area contributed by atoms with Crippen molar-refractivity contribution in [3.05, 3.63) is 35.5 Å². The summed E-state index contributed by atoms with van der Waals surface area (Å²) in [7, 11) is 5.20. The molecule has 0 spiro atoms. The van der Waals surface area contributed by atoms with Crippen molar-refractivity contribution in [3.63, 3.8) is 0 Å². The maximum Gasteiger partial charge on any atom is 0.354 e. The number of carbonyl (C=O) groups is 1. The van der Waals surface area contributed by atoms with Gasteiger partial charge in [-0.15, -0.1) is 0 Å². The van der Waals surface area contributed by atoms with Crippen LogP contribution in [0.15, 0.2) is 24.2 Å². The van der Waals surface area contributed by atoms with E-state index in [2.05, 4.69) is 15.0 Å². The van der Waals surface area contributed by atoms with E-state index in [1.165, 1.54) is 24.7 Å². The maximum absolute atomic E-state index is 12.0. The van der Waals surface area contributed by atoms with E-state index in [-0.39, 0.29) is 17.7 Å². The predicted octanol–water partition coefficient (Wildman–Crippen LogP) is 2.83. The lowest BCUT2D eigenvalue weighted by Crippen LogP contribution is -2.42. The van der Waals surface area contributed by atoms with Crippen LogP contribution in [-0.4, -0.2) is 74.6 Å². The van der Waals surface area contributed by atoms with Gasteiger partial charge in [0.2, 0.25) is 5.95 Å². The summed E-state index contributed by atoms with van der Waals surface area (Å²) in [6.45, 7) is 0.439. The van der Waals surface area contributed by atoms with E-state index in [4.69, 9.17) is 9.94 Å². The molecule has 1 aliphatic heterocycles. The Hall–Kier alpha value is -3.82. The van der Waals surface area contributed by atoms with Gasteiger partial charge < -0.3 is 10.0 Å². The van der Waals surface area contributed by atoms with E-state index in [0.717, 1.165) is 25.7 Å². The molecule has 0 amide bonds. The highest BCUT2D eigenvalue weighted by atomic mass is 16.7. The average Bonchev–Trinajstić information content (AvgIpc) is 3.23. The zero-order chi connectivity index (χ0) is 24.7. The quantitative estimate of drug-likeness (QED) is 0.530. The molecule has 2 fully saturated rings. The number of fused-ring (bicyclic) bond motifs is 1. The highest BCUT2D eigenvalue weighted by Gasteiger charge is 2.40. The highest BCUT2D eigenvalue weighted by Crippen LogP contribution is 2.43. The Morgan fingerprint density at radius 3 is 2.51 bits per heavy atom. The Morgan fingerprint density at radius 2 is 1.91 bits per heavy atom. The van der Waals surface area contributed by atoms with Gasteiger partial charge >= 0.3 is 5.97 Å². The fraction of sp³-hybridized carbons (Fsp3) is 0.458. The number of hydrogen-bond donors (Lipinski definition) is 1. The van der Waals surface area contributed by atoms with Crippen molar-refractivity contribution in [1.29, 1.82) is 0 Å². The minimum absolute atomic E-state index is 0.0778. The molecule has 1 saturated carbocycles. The third kappa shape index (κ3) is 3.92. The minimum atomic E-state index is -1.13. The Labute approximate surface area is 202 Å². The molecule has 1 unspecified atom stereocenters. The van der Waals surface area contributed by atoms with Crippen LogP contribution in [-0.2, 0) is 9.63 Å². The van der Waals surface area contributed by atoms with Crippen molar-refractivity contribution in [1.82, 2.24) is 29.8 Å². The molecule has 0 radical (unpaired) electrons. The summed E-state index contributed by atoms with van der Waals surface area (Å²) in [5, 5.41) is 17.0. The third-order valence-electron chi connectivity index (χ3n) is 6.78. The van der Waals surface area contributed by atoms with E-state index >= 15 is 0 Å². The van der Waals surface area contributed by atoms with Gasteiger partial charge in [-0.2, -0.15) is 5.10 Å². The molecule has 0 aromatic carbocycles. The smallest absolute Gasteiger partial charge is 0.354 e. The number of aromatic nitrogens is 5. The summed E-state index contributed by atoms with van der Waals surface area (Å²) in [4.78, 5) is 44.2. The SMILES string of the molecule is CON1CC(c2nn(C3CCCCC3)c3nc(C(=O)O)cc(-c4cnc(N(C)C)nc4)c23)C1=C=O. The molecule has 1 N–H and O–H groups in total. The van der Waals surface area contributed by atoms with Crippen LogP contribution in [0.5, 0.6) is 0 Å². The molecule has 11 heteroatoms. The van der Waals surface area contributed by atoms with Gasteiger partial charge in [-0.3, -0.25) is 4.84 Å². The zero-order valence-electron chi connectivity index (χ0n) is 19.9. The lowest BCUT2D eigenvalue weighted by atomic mass is 9.90. The molecular weight excluding hydrogens is 450 g/mol. The van der Waals surface area contributed by atoms with Crippen LogP contribution in [0, 0.1) is 0 Å². The standard InChI is InChI=1S/C24H27N7O4/c1-29(2)24-25-10-14(11-26-24)16-9-18(23(33)34)27-22-20(16)21(17-12-30(35-3)19(17)13-32)28-31(22)15-7-5-4-6-8-15/h9-11,15,17H,4-8,12H2,1-3H3,(H,33,34). The monoisotopic (exact) mass is 477 g/mol. The van der Waals surface area contributed by atoms with Crippen LogP contribution in [0.3, 0.4) is 0 Å². The first-order chi connectivity index (χ1) is 16.9. The molecule has 1 aliphatic carbocycles. The van der Waals surface area contributed by atoms with E-state index in [9.17, 15) is 14.7 Å². The topological polar surface area (TPSA) is 127 Å². The first kappa shape index (κ1) is 22.9. The lowest BCUT2D eigenvalue weighted by Gasteiger charge is -2.38. The molecule has 1 saturated heterocycles. The summed E-state index contributed by atoms with van der Waals surface area (Å²) < 4.78 is 1.87. The van der Waals surface area contributed by atoms with Crippen LogP contribution in [0.25, 0.3) is 22.2 Å². The molecule has 5 rings (SSSR count). The summed E-state index contributed by atoms with van der Waals surface area (Å²) >= 11 is 0. The Morgan fingerprint density at radius 1 is 1.20 bits per heavy atom. The zero-order valence-corrected chi connectivity index (χ0v) is 19.9. The van der Waals surface area contributed by atoms with Crippen LogP contribution >= 0.6 is 0 Å². The van der Waals surface area contributed by atoms with E-state index < -0.39 is 5.97 Å². The first-order valence-electron chi connectivity index (χ1n) is 11.7. The van der Waals surface area contributed by atoms with Crippen LogP contribution in [0.2, 0.25) is 0 Å². The number of aromatic carboxylic acids is 1. The van der Waals surface area contributed by atoms with Crippen LogP contribution in [0.1, 0.15) is 60.2 Å². The first-order valence-corrected chi connectivity index (χ1v) is 11.7. The molecule has 11 nitrogen and oxygen atoms in total. The molecular formula is C24H27N7O4. The number of carboxylic acid groups (broad SMARTS) is 1. The molecule has 2 aliphatic rings. The Balaban J connectivity index is 1.76. The third-order valence-corrected chi connectivity index (χ3v) is 6.78. The van der Waals surface area contributed by atoms with Gasteiger partial charge in [0, 0.05) is 37.6 Å².